The van der Waals surface area contributed by atoms with E-state index in [2.05, 4.69) is 15.9 Å². The van der Waals surface area contributed by atoms with E-state index in [4.69, 9.17) is 9.47 Å². The van der Waals surface area contributed by atoms with Crippen LogP contribution in [0.4, 0.5) is 10.5 Å². The van der Waals surface area contributed by atoms with Crippen molar-refractivity contribution < 1.29 is 24.0 Å². The first-order valence-electron chi connectivity index (χ1n) is 11.4. The molecule has 2 amide bonds. The van der Waals surface area contributed by atoms with E-state index in [1.807, 2.05) is 38.1 Å². The molecule has 1 aliphatic heterocycles. The maximum atomic E-state index is 13.0. The van der Waals surface area contributed by atoms with Crippen molar-refractivity contribution in [3.63, 3.8) is 0 Å². The molecule has 1 heterocycles. The Hall–Kier alpha value is -3.63. The molecule has 3 aromatic carbocycles. The number of nitrogens with zero attached hydrogens (tertiary/aromatic N) is 2. The van der Waals surface area contributed by atoms with Gasteiger partial charge in [0.15, 0.2) is 11.5 Å². The number of imide groups is 1. The van der Waals surface area contributed by atoms with E-state index in [1.54, 1.807) is 30.3 Å². The number of non-ortho nitro benzene ring substituents is 1. The van der Waals surface area contributed by atoms with Crippen LogP contribution >= 0.6 is 27.7 Å². The normalized spacial score (nSPS) is 14.4. The third-order valence-corrected chi connectivity index (χ3v) is 6.99. The molecule has 0 bridgehead atoms. The lowest BCUT2D eigenvalue weighted by atomic mass is 10.1. The van der Waals surface area contributed by atoms with Crippen LogP contribution < -0.4 is 9.47 Å². The van der Waals surface area contributed by atoms with Crippen LogP contribution in [0.2, 0.25) is 0 Å². The molecule has 1 saturated heterocycles. The molecular formula is C27H23BrN2O6S. The number of benzene rings is 3. The van der Waals surface area contributed by atoms with Crippen LogP contribution in [0.15, 0.2) is 70.0 Å². The molecule has 0 saturated carbocycles. The lowest BCUT2D eigenvalue weighted by molar-refractivity contribution is -0.384. The Morgan fingerprint density at radius 3 is 2.35 bits per heavy atom. The Kier molecular flexibility index (Phi) is 8.30. The highest BCUT2D eigenvalue weighted by molar-refractivity contribution is 9.10. The van der Waals surface area contributed by atoms with Crippen molar-refractivity contribution in [1.82, 2.24) is 4.90 Å². The number of carbonyl (C=O) groups is 2. The van der Waals surface area contributed by atoms with Gasteiger partial charge in [-0.15, -0.1) is 0 Å². The van der Waals surface area contributed by atoms with Gasteiger partial charge >= 0.3 is 0 Å². The van der Waals surface area contributed by atoms with E-state index in [1.165, 1.54) is 17.0 Å². The summed E-state index contributed by atoms with van der Waals surface area (Å²) in [6.07, 6.45) is 1.66. The Morgan fingerprint density at radius 2 is 1.70 bits per heavy atom. The highest BCUT2D eigenvalue weighted by atomic mass is 79.9. The molecule has 0 aromatic heterocycles. The van der Waals surface area contributed by atoms with Gasteiger partial charge in [0.2, 0.25) is 0 Å². The second kappa shape index (κ2) is 11.6. The maximum Gasteiger partial charge on any atom is 0.293 e. The van der Waals surface area contributed by atoms with Gasteiger partial charge in [-0.05, 0) is 88.6 Å². The fourth-order valence-corrected chi connectivity index (χ4v) is 5.02. The summed E-state index contributed by atoms with van der Waals surface area (Å²) >= 11 is 4.42. The molecule has 0 aliphatic carbocycles. The number of ether oxygens (including phenoxy) is 2. The molecule has 10 heteroatoms. The first-order chi connectivity index (χ1) is 17.7. The number of nitro benzene ring substituents is 1. The van der Waals surface area contributed by atoms with E-state index < -0.39 is 4.92 Å². The summed E-state index contributed by atoms with van der Waals surface area (Å²) in [6, 6.07) is 17.3. The molecule has 3 aromatic rings. The average Bonchev–Trinajstić information content (AvgIpc) is 3.12. The Balaban J connectivity index is 1.52. The molecule has 0 N–H and O–H groups in total. The van der Waals surface area contributed by atoms with Crippen LogP contribution in [0.3, 0.4) is 0 Å². The molecule has 190 valence electrons. The van der Waals surface area contributed by atoms with Crippen molar-refractivity contribution in [2.45, 2.75) is 27.0 Å². The van der Waals surface area contributed by atoms with E-state index in [-0.39, 0.29) is 30.0 Å². The summed E-state index contributed by atoms with van der Waals surface area (Å²) in [4.78, 5) is 37.5. The van der Waals surface area contributed by atoms with Crippen LogP contribution in [-0.4, -0.2) is 27.6 Å². The number of aryl methyl sites for hydroxylation is 1. The molecule has 0 unspecified atom stereocenters. The Morgan fingerprint density at radius 1 is 1.03 bits per heavy atom. The highest BCUT2D eigenvalue weighted by Crippen LogP contribution is 2.40. The van der Waals surface area contributed by atoms with Crippen LogP contribution in [0, 0.1) is 17.0 Å². The fraction of sp³-hybridized carbons (Fsp3) is 0.185. The first kappa shape index (κ1) is 26.4. The number of rotatable bonds is 9. The first-order valence-corrected chi connectivity index (χ1v) is 13.0. The lowest BCUT2D eigenvalue weighted by Crippen LogP contribution is -2.27. The van der Waals surface area contributed by atoms with Crippen molar-refractivity contribution in [3.05, 3.63) is 102 Å². The van der Waals surface area contributed by atoms with Crippen molar-refractivity contribution in [2.75, 3.05) is 6.61 Å². The summed E-state index contributed by atoms with van der Waals surface area (Å²) in [5.41, 5.74) is 3.41. The van der Waals surface area contributed by atoms with Gasteiger partial charge < -0.3 is 9.47 Å². The summed E-state index contributed by atoms with van der Waals surface area (Å²) in [6.45, 7) is 4.60. The monoisotopic (exact) mass is 582 g/mol. The van der Waals surface area contributed by atoms with Gasteiger partial charge in [0.1, 0.15) is 6.61 Å². The molecule has 37 heavy (non-hydrogen) atoms. The minimum Gasteiger partial charge on any atom is -0.490 e. The average molecular weight is 583 g/mol. The minimum absolute atomic E-state index is 0.00701. The highest BCUT2D eigenvalue weighted by Gasteiger charge is 2.35. The second-order valence-corrected chi connectivity index (χ2v) is 10.1. The fourth-order valence-electron chi connectivity index (χ4n) is 3.61. The van der Waals surface area contributed by atoms with Crippen LogP contribution in [-0.2, 0) is 17.9 Å². The summed E-state index contributed by atoms with van der Waals surface area (Å²) in [7, 11) is 0. The third kappa shape index (κ3) is 6.39. The minimum atomic E-state index is -0.454. The SMILES string of the molecule is CCOc1cc(/C=C2/SC(=O)N(Cc3ccc(C)cc3)C2=O)cc(Br)c1OCc1ccc([N+](=O)[O-])cc1. The molecule has 0 atom stereocenters. The quantitative estimate of drug-likeness (QED) is 0.154. The topological polar surface area (TPSA) is 99.0 Å². The molecule has 0 spiro atoms. The van der Waals surface area contributed by atoms with Crippen LogP contribution in [0.25, 0.3) is 6.08 Å². The molecule has 1 fully saturated rings. The predicted molar refractivity (Wildman–Crippen MR) is 145 cm³/mol. The predicted octanol–water partition coefficient (Wildman–Crippen LogP) is 6.88. The van der Waals surface area contributed by atoms with Gasteiger partial charge in [-0.3, -0.25) is 24.6 Å². The van der Waals surface area contributed by atoms with E-state index in [0.29, 0.717) is 33.0 Å². The summed E-state index contributed by atoms with van der Waals surface area (Å²) in [5.74, 6) is 0.580. The van der Waals surface area contributed by atoms with Crippen molar-refractivity contribution in [3.8, 4) is 11.5 Å². The zero-order chi connectivity index (χ0) is 26.5. The van der Waals surface area contributed by atoms with Gasteiger partial charge in [0, 0.05) is 12.1 Å². The number of hydrogen-bond acceptors (Lipinski definition) is 7. The van der Waals surface area contributed by atoms with Crippen molar-refractivity contribution in [2.24, 2.45) is 0 Å². The zero-order valence-electron chi connectivity index (χ0n) is 20.1. The van der Waals surface area contributed by atoms with Gasteiger partial charge in [-0.25, -0.2) is 0 Å². The van der Waals surface area contributed by atoms with Gasteiger partial charge in [0.25, 0.3) is 16.8 Å². The molecule has 4 rings (SSSR count). The largest absolute Gasteiger partial charge is 0.490 e. The van der Waals surface area contributed by atoms with E-state index in [9.17, 15) is 19.7 Å². The molecule has 1 aliphatic rings. The number of halogens is 1. The van der Waals surface area contributed by atoms with Gasteiger partial charge in [-0.1, -0.05) is 29.8 Å². The van der Waals surface area contributed by atoms with Crippen LogP contribution in [0.1, 0.15) is 29.2 Å². The van der Waals surface area contributed by atoms with Crippen LogP contribution in [0.5, 0.6) is 11.5 Å². The number of hydrogen-bond donors (Lipinski definition) is 0. The summed E-state index contributed by atoms with van der Waals surface area (Å²) in [5, 5.41) is 10.5. The van der Waals surface area contributed by atoms with Crippen molar-refractivity contribution >= 4 is 50.6 Å². The lowest BCUT2D eigenvalue weighted by Gasteiger charge is -2.15. The number of carbonyl (C=O) groups excluding carboxylic acids is 2. The third-order valence-electron chi connectivity index (χ3n) is 5.49. The standard InChI is InChI=1S/C27H23BrN2O6S/c1-3-35-23-13-20(12-22(28)25(23)36-16-19-8-10-21(11-9-19)30(33)34)14-24-26(31)29(27(32)37-24)15-18-6-4-17(2)5-7-18/h4-14H,3,15-16H2,1-2H3/b24-14+. The van der Waals surface area contributed by atoms with Gasteiger partial charge in [-0.2, -0.15) is 0 Å². The molecule has 8 nitrogen and oxygen atoms in total. The number of nitro groups is 1. The molecular weight excluding hydrogens is 560 g/mol. The molecule has 0 radical (unpaired) electrons. The summed E-state index contributed by atoms with van der Waals surface area (Å²) < 4.78 is 12.3. The smallest absolute Gasteiger partial charge is 0.293 e. The maximum absolute atomic E-state index is 13.0. The Bertz CT molecular complexity index is 1370. The van der Waals surface area contributed by atoms with E-state index in [0.717, 1.165) is 28.5 Å². The second-order valence-electron chi connectivity index (χ2n) is 8.23. The zero-order valence-corrected chi connectivity index (χ0v) is 22.5. The van der Waals surface area contributed by atoms with Crippen molar-refractivity contribution in [1.29, 1.82) is 0 Å². The van der Waals surface area contributed by atoms with E-state index >= 15 is 0 Å². The van der Waals surface area contributed by atoms with Gasteiger partial charge in [0.05, 0.1) is 27.5 Å². The number of thioether (sulfide) groups is 1. The number of amides is 2. The Labute approximate surface area is 226 Å².